The molecule has 3 atom stereocenters. The maximum Gasteiger partial charge on any atom is 0.326 e. The maximum atomic E-state index is 12.8. The van der Waals surface area contributed by atoms with Gasteiger partial charge in [0, 0.05) is 29.9 Å². The molecule has 0 unspecified atom stereocenters. The maximum absolute atomic E-state index is 12.8. The van der Waals surface area contributed by atoms with E-state index in [0.29, 0.717) is 5.56 Å². The first kappa shape index (κ1) is 22.8. The fourth-order valence-corrected chi connectivity index (χ4v) is 2.91. The number of carbonyl (C=O) groups excluding carboxylic acids is 3. The van der Waals surface area contributed by atoms with Crippen LogP contribution in [0.25, 0.3) is 10.9 Å². The number of rotatable bonds is 11. The Labute approximate surface area is 171 Å². The second-order valence-electron chi connectivity index (χ2n) is 6.82. The van der Waals surface area contributed by atoms with Gasteiger partial charge in [-0.25, -0.2) is 4.79 Å². The van der Waals surface area contributed by atoms with Crippen molar-refractivity contribution in [2.75, 3.05) is 6.61 Å². The highest BCUT2D eigenvalue weighted by Gasteiger charge is 2.28. The molecule has 0 spiro atoms. The highest BCUT2D eigenvalue weighted by Crippen LogP contribution is 2.19. The zero-order valence-electron chi connectivity index (χ0n) is 16.1. The van der Waals surface area contributed by atoms with E-state index in [9.17, 15) is 24.3 Å². The molecule has 11 nitrogen and oxygen atoms in total. The predicted molar refractivity (Wildman–Crippen MR) is 107 cm³/mol. The summed E-state index contributed by atoms with van der Waals surface area (Å²) in [5, 5.41) is 24.0. The van der Waals surface area contributed by atoms with Crippen molar-refractivity contribution in [2.45, 2.75) is 37.4 Å². The zero-order valence-corrected chi connectivity index (χ0v) is 16.1. The van der Waals surface area contributed by atoms with Gasteiger partial charge in [-0.2, -0.15) is 0 Å². The van der Waals surface area contributed by atoms with Gasteiger partial charge in [0.1, 0.15) is 18.1 Å². The molecule has 3 amide bonds. The number of H-pyrrole nitrogens is 1. The summed E-state index contributed by atoms with van der Waals surface area (Å²) >= 11 is 0. The fourth-order valence-electron chi connectivity index (χ4n) is 2.91. The second kappa shape index (κ2) is 10.4. The third-order valence-electron chi connectivity index (χ3n) is 4.56. The average molecular weight is 419 g/mol. The molecule has 9 N–H and O–H groups in total. The number of primary amides is 1. The van der Waals surface area contributed by atoms with Crippen LogP contribution in [-0.2, 0) is 25.6 Å². The largest absolute Gasteiger partial charge is 0.480 e. The fraction of sp³-hybridized carbons (Fsp3) is 0.368. The standard InChI is InChI=1S/C19H25N5O6/c20-12(9-25)17(27)24-15(7-10-8-22-13-4-2-1-3-11(10)13)18(28)23-14(19(29)30)5-6-16(21)26/h1-4,8,12,14-15,22,25H,5-7,9,20H2,(H2,21,26)(H,23,28)(H,24,27)(H,29,30)/t12-,14-,15-/m0/s1. The summed E-state index contributed by atoms with van der Waals surface area (Å²) in [6, 6.07) is 3.57. The lowest BCUT2D eigenvalue weighted by molar-refractivity contribution is -0.142. The molecule has 0 aliphatic rings. The lowest BCUT2D eigenvalue weighted by atomic mass is 10.0. The van der Waals surface area contributed by atoms with Crippen molar-refractivity contribution in [2.24, 2.45) is 11.5 Å². The molecule has 0 fully saturated rings. The van der Waals surface area contributed by atoms with Crippen LogP contribution in [0.15, 0.2) is 30.5 Å². The van der Waals surface area contributed by atoms with Gasteiger partial charge in [0.05, 0.1) is 6.61 Å². The molecule has 162 valence electrons. The van der Waals surface area contributed by atoms with Crippen LogP contribution >= 0.6 is 0 Å². The van der Waals surface area contributed by atoms with Crippen LogP contribution in [0, 0.1) is 0 Å². The van der Waals surface area contributed by atoms with E-state index in [1.807, 2.05) is 24.3 Å². The SMILES string of the molecule is NC(=O)CC[C@H](NC(=O)[C@H](Cc1c[nH]c2ccccc12)NC(=O)[C@@H](N)CO)C(=O)O. The first-order valence-electron chi connectivity index (χ1n) is 9.26. The Balaban J connectivity index is 2.23. The van der Waals surface area contributed by atoms with Gasteiger partial charge in [-0.3, -0.25) is 14.4 Å². The monoisotopic (exact) mass is 419 g/mol. The third-order valence-corrected chi connectivity index (χ3v) is 4.56. The van der Waals surface area contributed by atoms with Crippen LogP contribution < -0.4 is 22.1 Å². The van der Waals surface area contributed by atoms with E-state index >= 15 is 0 Å². The van der Waals surface area contributed by atoms with E-state index in [1.165, 1.54) is 0 Å². The Kier molecular flexibility index (Phi) is 7.90. The number of carboxylic acids is 1. The molecule has 11 heteroatoms. The van der Waals surface area contributed by atoms with Gasteiger partial charge in [-0.15, -0.1) is 0 Å². The topological polar surface area (TPSA) is 201 Å². The van der Waals surface area contributed by atoms with Gasteiger partial charge in [0.15, 0.2) is 0 Å². The molecular weight excluding hydrogens is 394 g/mol. The van der Waals surface area contributed by atoms with Crippen molar-refractivity contribution in [3.8, 4) is 0 Å². The lowest BCUT2D eigenvalue weighted by Crippen LogP contribution is -2.55. The van der Waals surface area contributed by atoms with Crippen molar-refractivity contribution in [3.63, 3.8) is 0 Å². The molecule has 0 aliphatic heterocycles. The Bertz CT molecular complexity index is 927. The van der Waals surface area contributed by atoms with Crippen LogP contribution in [0.4, 0.5) is 0 Å². The summed E-state index contributed by atoms with van der Waals surface area (Å²) in [7, 11) is 0. The van der Waals surface area contributed by atoms with Gasteiger partial charge < -0.3 is 37.3 Å². The molecule has 0 saturated heterocycles. The molecule has 0 radical (unpaired) electrons. The number of hydrogen-bond donors (Lipinski definition) is 7. The normalized spacial score (nSPS) is 13.9. The summed E-state index contributed by atoms with van der Waals surface area (Å²) in [6.45, 7) is -0.621. The summed E-state index contributed by atoms with van der Waals surface area (Å²) in [6.07, 6.45) is 1.30. The number of aliphatic carboxylic acids is 1. The number of nitrogens with one attached hydrogen (secondary N) is 3. The molecule has 2 aromatic rings. The molecule has 0 aliphatic carbocycles. The first-order valence-corrected chi connectivity index (χ1v) is 9.26. The first-order chi connectivity index (χ1) is 14.2. The van der Waals surface area contributed by atoms with Gasteiger partial charge in [0.25, 0.3) is 0 Å². The number of hydrogen-bond acceptors (Lipinski definition) is 6. The van der Waals surface area contributed by atoms with Crippen LogP contribution in [-0.4, -0.2) is 63.6 Å². The number of amides is 3. The minimum absolute atomic E-state index is 0.0435. The minimum atomic E-state index is -1.36. The Morgan fingerprint density at radius 3 is 2.37 bits per heavy atom. The number of aliphatic hydroxyl groups excluding tert-OH is 1. The predicted octanol–water partition coefficient (Wildman–Crippen LogP) is -1.65. The number of nitrogens with two attached hydrogens (primary N) is 2. The Morgan fingerprint density at radius 1 is 1.07 bits per heavy atom. The summed E-state index contributed by atoms with van der Waals surface area (Å²) in [5.41, 5.74) is 12.1. The van der Waals surface area contributed by atoms with Crippen molar-refractivity contribution in [3.05, 3.63) is 36.0 Å². The van der Waals surface area contributed by atoms with Gasteiger partial charge in [-0.1, -0.05) is 18.2 Å². The molecule has 1 aromatic carbocycles. The smallest absolute Gasteiger partial charge is 0.326 e. The van der Waals surface area contributed by atoms with E-state index in [1.54, 1.807) is 6.20 Å². The molecule has 1 heterocycles. The molecule has 0 saturated carbocycles. The van der Waals surface area contributed by atoms with Crippen molar-refractivity contribution >= 4 is 34.6 Å². The molecular formula is C19H25N5O6. The minimum Gasteiger partial charge on any atom is -0.480 e. The van der Waals surface area contributed by atoms with Crippen LogP contribution in [0.5, 0.6) is 0 Å². The van der Waals surface area contributed by atoms with Crippen LogP contribution in [0.2, 0.25) is 0 Å². The Hall–Kier alpha value is -3.44. The number of fused-ring (bicyclic) bond motifs is 1. The van der Waals surface area contributed by atoms with E-state index in [2.05, 4.69) is 15.6 Å². The average Bonchev–Trinajstić information content (AvgIpc) is 3.12. The van der Waals surface area contributed by atoms with Crippen LogP contribution in [0.3, 0.4) is 0 Å². The summed E-state index contributed by atoms with van der Waals surface area (Å²) < 4.78 is 0. The zero-order chi connectivity index (χ0) is 22.3. The van der Waals surface area contributed by atoms with Crippen LogP contribution in [0.1, 0.15) is 18.4 Å². The van der Waals surface area contributed by atoms with Crippen molar-refractivity contribution in [1.29, 1.82) is 0 Å². The quantitative estimate of drug-likeness (QED) is 0.226. The van der Waals surface area contributed by atoms with Gasteiger partial charge in [0.2, 0.25) is 17.7 Å². The number of benzene rings is 1. The molecule has 1 aromatic heterocycles. The summed E-state index contributed by atoms with van der Waals surface area (Å²) in [5.74, 6) is -3.57. The number of aliphatic hydroxyl groups is 1. The number of carboxylic acid groups (broad SMARTS) is 1. The third kappa shape index (κ3) is 6.03. The molecule has 30 heavy (non-hydrogen) atoms. The highest BCUT2D eigenvalue weighted by molar-refractivity contribution is 5.93. The van der Waals surface area contributed by atoms with E-state index < -0.39 is 48.4 Å². The number of aromatic amines is 1. The van der Waals surface area contributed by atoms with Gasteiger partial charge >= 0.3 is 5.97 Å². The number of aromatic nitrogens is 1. The van der Waals surface area contributed by atoms with E-state index in [4.69, 9.17) is 16.6 Å². The second-order valence-corrected chi connectivity index (χ2v) is 6.82. The molecule has 0 bridgehead atoms. The lowest BCUT2D eigenvalue weighted by Gasteiger charge is -2.22. The molecule has 2 rings (SSSR count). The number of para-hydroxylation sites is 1. The number of carbonyl (C=O) groups is 4. The van der Waals surface area contributed by atoms with E-state index in [0.717, 1.165) is 10.9 Å². The van der Waals surface area contributed by atoms with Crippen molar-refractivity contribution < 1.29 is 29.4 Å². The van der Waals surface area contributed by atoms with Gasteiger partial charge in [-0.05, 0) is 18.1 Å². The van der Waals surface area contributed by atoms with Crippen molar-refractivity contribution in [1.82, 2.24) is 15.6 Å². The Morgan fingerprint density at radius 2 is 1.73 bits per heavy atom. The van der Waals surface area contributed by atoms with E-state index in [-0.39, 0.29) is 19.3 Å². The highest BCUT2D eigenvalue weighted by atomic mass is 16.4. The summed E-state index contributed by atoms with van der Waals surface area (Å²) in [4.78, 5) is 50.4.